The Balaban J connectivity index is 1.79. The molecule has 0 spiro atoms. The molecule has 1 unspecified atom stereocenters. The van der Waals surface area contributed by atoms with E-state index in [1.54, 1.807) is 38.1 Å². The molecule has 1 amide bonds. The summed E-state index contributed by atoms with van der Waals surface area (Å²) in [4.78, 5) is 45.6. The Morgan fingerprint density at radius 1 is 1.14 bits per heavy atom. The second-order valence-electron chi connectivity index (χ2n) is 10.0. The van der Waals surface area contributed by atoms with E-state index in [1.807, 2.05) is 30.3 Å². The van der Waals surface area contributed by atoms with Gasteiger partial charge in [0.2, 0.25) is 0 Å². The number of rotatable bonds is 12. The number of thiazole rings is 1. The highest BCUT2D eigenvalue weighted by Crippen LogP contribution is 2.45. The third-order valence-corrected chi connectivity index (χ3v) is 7.75. The Hall–Kier alpha value is -4.44. The topological polar surface area (TPSA) is 115 Å². The standard InChI is InChI=1S/C32H34N2O7S/c1-6-40-31(38)29-20(4)33-32(42-29)34-27(22-13-15-24(25(18-22)39-5)41-17-16-19(2)3)26(28(36)30(34)37)23(35)14-12-21-10-8-7-9-11-21/h7-15,18-19,27,36H,6,16-17H2,1-5H3. The van der Waals surface area contributed by atoms with Crippen LogP contribution in [-0.2, 0) is 14.3 Å². The number of aryl methyl sites for hydroxylation is 1. The molecule has 2 heterocycles. The SMILES string of the molecule is CCOC(=O)c1sc(N2C(=O)C(O)=C(C(=O)C=Cc3ccccc3)C2c2ccc(OCCC(C)C)c(OC)c2)nc1C. The van der Waals surface area contributed by atoms with Crippen LogP contribution in [0.15, 0.2) is 65.9 Å². The van der Waals surface area contributed by atoms with Gasteiger partial charge < -0.3 is 19.3 Å². The monoisotopic (exact) mass is 590 g/mol. The average molecular weight is 591 g/mol. The van der Waals surface area contributed by atoms with Crippen molar-refractivity contribution in [2.45, 2.75) is 40.2 Å². The fourth-order valence-electron chi connectivity index (χ4n) is 4.44. The molecule has 1 N–H and O–H groups in total. The summed E-state index contributed by atoms with van der Waals surface area (Å²) < 4.78 is 16.7. The quantitative estimate of drug-likeness (QED) is 0.195. The van der Waals surface area contributed by atoms with E-state index >= 15 is 0 Å². The van der Waals surface area contributed by atoms with E-state index in [2.05, 4.69) is 18.8 Å². The van der Waals surface area contributed by atoms with E-state index in [0.29, 0.717) is 35.3 Å². The van der Waals surface area contributed by atoms with E-state index in [9.17, 15) is 19.5 Å². The van der Waals surface area contributed by atoms with Crippen molar-refractivity contribution in [1.82, 2.24) is 4.98 Å². The largest absolute Gasteiger partial charge is 0.503 e. The third-order valence-electron chi connectivity index (χ3n) is 6.61. The van der Waals surface area contributed by atoms with Gasteiger partial charge in [0.05, 0.1) is 37.6 Å². The highest BCUT2D eigenvalue weighted by atomic mass is 32.1. The summed E-state index contributed by atoms with van der Waals surface area (Å²) in [5, 5.41) is 11.2. The lowest BCUT2D eigenvalue weighted by atomic mass is 9.95. The van der Waals surface area contributed by atoms with Crippen molar-refractivity contribution >= 4 is 40.2 Å². The highest BCUT2D eigenvalue weighted by Gasteiger charge is 2.45. The summed E-state index contributed by atoms with van der Waals surface area (Å²) >= 11 is 0.956. The lowest BCUT2D eigenvalue weighted by molar-refractivity contribution is -0.117. The fraction of sp³-hybridized carbons (Fsp3) is 0.312. The number of ketones is 1. The van der Waals surface area contributed by atoms with Crippen molar-refractivity contribution in [3.05, 3.63) is 87.6 Å². The minimum Gasteiger partial charge on any atom is -0.503 e. The van der Waals surface area contributed by atoms with Gasteiger partial charge in [0.1, 0.15) is 4.88 Å². The van der Waals surface area contributed by atoms with Gasteiger partial charge in [-0.05, 0) is 55.5 Å². The maximum absolute atomic E-state index is 13.6. The molecule has 220 valence electrons. The van der Waals surface area contributed by atoms with E-state index < -0.39 is 29.5 Å². The molecule has 0 aliphatic carbocycles. The first-order valence-electron chi connectivity index (χ1n) is 13.7. The first-order valence-corrected chi connectivity index (χ1v) is 14.5. The van der Waals surface area contributed by atoms with Gasteiger partial charge in [0.25, 0.3) is 5.91 Å². The Bertz CT molecular complexity index is 1520. The van der Waals surface area contributed by atoms with Crippen molar-refractivity contribution < 1.29 is 33.7 Å². The summed E-state index contributed by atoms with van der Waals surface area (Å²) in [6.07, 6.45) is 3.79. The van der Waals surface area contributed by atoms with Crippen LogP contribution in [0.2, 0.25) is 0 Å². The summed E-state index contributed by atoms with van der Waals surface area (Å²) in [5.74, 6) is -1.23. The number of allylic oxidation sites excluding steroid dienone is 1. The molecule has 4 rings (SSSR count). The molecule has 1 atom stereocenters. The Morgan fingerprint density at radius 3 is 2.55 bits per heavy atom. The number of anilines is 1. The van der Waals surface area contributed by atoms with Crippen LogP contribution in [0.3, 0.4) is 0 Å². The van der Waals surface area contributed by atoms with Gasteiger partial charge in [0.15, 0.2) is 28.2 Å². The number of benzene rings is 2. The second kappa shape index (κ2) is 13.5. The average Bonchev–Trinajstić information content (AvgIpc) is 3.48. The lowest BCUT2D eigenvalue weighted by Gasteiger charge is -2.25. The molecule has 42 heavy (non-hydrogen) atoms. The summed E-state index contributed by atoms with van der Waals surface area (Å²) in [7, 11) is 1.50. The third kappa shape index (κ3) is 6.54. The van der Waals surface area contributed by atoms with Crippen LogP contribution in [0.25, 0.3) is 6.08 Å². The van der Waals surface area contributed by atoms with Crippen LogP contribution in [-0.4, -0.2) is 48.1 Å². The molecule has 3 aromatic rings. The predicted molar refractivity (Wildman–Crippen MR) is 161 cm³/mol. The number of esters is 1. The minimum absolute atomic E-state index is 0.117. The first kappa shape index (κ1) is 30.5. The Morgan fingerprint density at radius 2 is 1.88 bits per heavy atom. The van der Waals surface area contributed by atoms with Crippen molar-refractivity contribution in [3.8, 4) is 11.5 Å². The summed E-state index contributed by atoms with van der Waals surface area (Å²) in [5.41, 5.74) is 1.52. The van der Waals surface area contributed by atoms with Gasteiger partial charge in [-0.3, -0.25) is 14.5 Å². The second-order valence-corrected chi connectivity index (χ2v) is 11.0. The number of amides is 1. The van der Waals surface area contributed by atoms with Crippen LogP contribution < -0.4 is 14.4 Å². The molecular weight excluding hydrogens is 556 g/mol. The Kier molecular flexibility index (Phi) is 9.80. The van der Waals surface area contributed by atoms with Gasteiger partial charge in [0, 0.05) is 0 Å². The molecule has 1 aliphatic rings. The first-order chi connectivity index (χ1) is 20.2. The molecule has 2 aromatic carbocycles. The number of aromatic nitrogens is 1. The fourth-order valence-corrected chi connectivity index (χ4v) is 5.43. The number of aliphatic hydroxyl groups is 1. The number of carbonyl (C=O) groups is 3. The number of hydrogen-bond acceptors (Lipinski definition) is 9. The zero-order valence-electron chi connectivity index (χ0n) is 24.2. The number of hydrogen-bond donors (Lipinski definition) is 1. The van der Waals surface area contributed by atoms with Crippen LogP contribution in [0.4, 0.5) is 5.13 Å². The molecular formula is C32H34N2O7S. The minimum atomic E-state index is -1.05. The Labute approximate surface area is 249 Å². The van der Waals surface area contributed by atoms with Crippen LogP contribution in [0.1, 0.15) is 59.7 Å². The molecule has 9 nitrogen and oxygen atoms in total. The number of ether oxygens (including phenoxy) is 3. The van der Waals surface area contributed by atoms with Crippen molar-refractivity contribution in [2.75, 3.05) is 25.2 Å². The number of nitrogens with zero attached hydrogens (tertiary/aromatic N) is 2. The molecule has 0 fully saturated rings. The summed E-state index contributed by atoms with van der Waals surface area (Å²) in [6.45, 7) is 8.21. The van der Waals surface area contributed by atoms with Gasteiger partial charge in [-0.2, -0.15) is 0 Å². The highest BCUT2D eigenvalue weighted by molar-refractivity contribution is 7.17. The smallest absolute Gasteiger partial charge is 0.350 e. The van der Waals surface area contributed by atoms with E-state index in [4.69, 9.17) is 14.2 Å². The van der Waals surface area contributed by atoms with Crippen LogP contribution in [0, 0.1) is 12.8 Å². The molecule has 0 bridgehead atoms. The number of carbonyl (C=O) groups excluding carboxylic acids is 3. The molecule has 0 radical (unpaired) electrons. The van der Waals surface area contributed by atoms with Crippen LogP contribution in [0.5, 0.6) is 11.5 Å². The molecule has 10 heteroatoms. The van der Waals surface area contributed by atoms with Gasteiger partial charge >= 0.3 is 5.97 Å². The van der Waals surface area contributed by atoms with E-state index in [0.717, 1.165) is 23.3 Å². The van der Waals surface area contributed by atoms with Crippen molar-refractivity contribution in [1.29, 1.82) is 0 Å². The maximum Gasteiger partial charge on any atom is 0.350 e. The molecule has 1 aliphatic heterocycles. The van der Waals surface area contributed by atoms with Crippen molar-refractivity contribution in [2.24, 2.45) is 5.92 Å². The van der Waals surface area contributed by atoms with E-state index in [1.165, 1.54) is 18.1 Å². The maximum atomic E-state index is 13.6. The molecule has 0 saturated carbocycles. The van der Waals surface area contributed by atoms with Gasteiger partial charge in [-0.1, -0.05) is 67.7 Å². The van der Waals surface area contributed by atoms with E-state index in [-0.39, 0.29) is 22.2 Å². The summed E-state index contributed by atoms with van der Waals surface area (Å²) in [6, 6.07) is 13.3. The molecule has 1 aromatic heterocycles. The number of methoxy groups -OCH3 is 1. The van der Waals surface area contributed by atoms with Gasteiger partial charge in [-0.15, -0.1) is 0 Å². The van der Waals surface area contributed by atoms with Gasteiger partial charge in [-0.25, -0.2) is 9.78 Å². The van der Waals surface area contributed by atoms with Crippen LogP contribution >= 0.6 is 11.3 Å². The number of aliphatic hydroxyl groups excluding tert-OH is 1. The molecule has 0 saturated heterocycles. The predicted octanol–water partition coefficient (Wildman–Crippen LogP) is 6.24. The lowest BCUT2D eigenvalue weighted by Crippen LogP contribution is -2.30. The van der Waals surface area contributed by atoms with Crippen molar-refractivity contribution in [3.63, 3.8) is 0 Å². The zero-order chi connectivity index (χ0) is 30.4. The normalized spacial score (nSPS) is 15.1. The zero-order valence-corrected chi connectivity index (χ0v) is 25.1.